The number of methoxy groups -OCH3 is 1. The molecule has 0 atom stereocenters. The van der Waals surface area contributed by atoms with E-state index in [1.807, 2.05) is 37.3 Å². The summed E-state index contributed by atoms with van der Waals surface area (Å²) >= 11 is 1.76. The molecule has 8 heteroatoms. The predicted molar refractivity (Wildman–Crippen MR) is 140 cm³/mol. The SMILES string of the molecule is COC(=O)/C=C/c1nc(SC2CCCC2)n(-c2cccnc2)c1COc1ccc(C#CCO)c(C)c1. The highest BCUT2D eigenvalue weighted by molar-refractivity contribution is 7.99. The molecule has 0 saturated heterocycles. The molecule has 7 nitrogen and oxygen atoms in total. The number of carbonyl (C=O) groups is 1. The van der Waals surface area contributed by atoms with E-state index in [9.17, 15) is 4.79 Å². The molecule has 1 aliphatic rings. The van der Waals surface area contributed by atoms with Crippen LogP contribution in [0.1, 0.15) is 48.2 Å². The van der Waals surface area contributed by atoms with E-state index in [4.69, 9.17) is 19.6 Å². The zero-order valence-electron chi connectivity index (χ0n) is 20.4. The Hall–Kier alpha value is -3.54. The van der Waals surface area contributed by atoms with E-state index in [0.717, 1.165) is 40.5 Å². The lowest BCUT2D eigenvalue weighted by molar-refractivity contribution is -0.134. The van der Waals surface area contributed by atoms with E-state index in [0.29, 0.717) is 16.7 Å². The van der Waals surface area contributed by atoms with Gasteiger partial charge in [0, 0.05) is 23.1 Å². The number of aliphatic hydroxyl groups is 1. The molecule has 1 aliphatic carbocycles. The van der Waals surface area contributed by atoms with Gasteiger partial charge in [0.25, 0.3) is 0 Å². The number of aromatic nitrogens is 3. The molecule has 0 spiro atoms. The van der Waals surface area contributed by atoms with Gasteiger partial charge in [-0.3, -0.25) is 9.55 Å². The Morgan fingerprint density at radius 2 is 2.14 bits per heavy atom. The van der Waals surface area contributed by atoms with Gasteiger partial charge in [-0.05, 0) is 61.7 Å². The number of nitrogens with zero attached hydrogens (tertiary/aromatic N) is 3. The highest BCUT2D eigenvalue weighted by Crippen LogP contribution is 2.37. The van der Waals surface area contributed by atoms with Crippen molar-refractivity contribution in [2.75, 3.05) is 13.7 Å². The first-order valence-electron chi connectivity index (χ1n) is 11.9. The summed E-state index contributed by atoms with van der Waals surface area (Å²) < 4.78 is 13.1. The average molecular weight is 504 g/mol. The van der Waals surface area contributed by atoms with Crippen molar-refractivity contribution >= 4 is 23.8 Å². The number of hydrogen-bond donors (Lipinski definition) is 1. The largest absolute Gasteiger partial charge is 0.487 e. The summed E-state index contributed by atoms with van der Waals surface area (Å²) in [4.78, 5) is 21.1. The van der Waals surface area contributed by atoms with Crippen molar-refractivity contribution in [3.63, 3.8) is 0 Å². The molecule has 1 fully saturated rings. The number of thioether (sulfide) groups is 1. The van der Waals surface area contributed by atoms with Gasteiger partial charge in [0.15, 0.2) is 5.16 Å². The molecule has 36 heavy (non-hydrogen) atoms. The minimum Gasteiger partial charge on any atom is -0.487 e. The van der Waals surface area contributed by atoms with Gasteiger partial charge in [-0.1, -0.05) is 36.4 Å². The fraction of sp³-hybridized carbons (Fsp3) is 0.321. The van der Waals surface area contributed by atoms with Crippen LogP contribution in [0.4, 0.5) is 0 Å². The van der Waals surface area contributed by atoms with E-state index < -0.39 is 5.97 Å². The van der Waals surface area contributed by atoms with Crippen LogP contribution in [0.5, 0.6) is 5.75 Å². The van der Waals surface area contributed by atoms with Crippen molar-refractivity contribution < 1.29 is 19.4 Å². The predicted octanol–water partition coefficient (Wildman–Crippen LogP) is 4.72. The topological polar surface area (TPSA) is 86.5 Å². The van der Waals surface area contributed by atoms with Crippen LogP contribution in [0.3, 0.4) is 0 Å². The van der Waals surface area contributed by atoms with Crippen molar-refractivity contribution in [3.8, 4) is 23.3 Å². The first kappa shape index (κ1) is 25.5. The van der Waals surface area contributed by atoms with Gasteiger partial charge in [0.1, 0.15) is 19.0 Å². The molecular formula is C28H29N3O4S. The van der Waals surface area contributed by atoms with Crippen LogP contribution in [0.15, 0.2) is 54.0 Å². The number of hydrogen-bond acceptors (Lipinski definition) is 7. The molecule has 0 amide bonds. The van der Waals surface area contributed by atoms with Crippen molar-refractivity contribution in [2.24, 2.45) is 0 Å². The zero-order valence-corrected chi connectivity index (χ0v) is 21.3. The molecule has 2 aromatic heterocycles. The number of pyridine rings is 1. The number of aryl methyl sites for hydroxylation is 1. The fourth-order valence-electron chi connectivity index (χ4n) is 4.07. The van der Waals surface area contributed by atoms with Crippen LogP contribution in [-0.4, -0.2) is 44.6 Å². The minimum absolute atomic E-state index is 0.181. The molecule has 2 heterocycles. The number of carbonyl (C=O) groups excluding carboxylic acids is 1. The molecule has 186 valence electrons. The summed E-state index contributed by atoms with van der Waals surface area (Å²) in [5.41, 5.74) is 4.14. The van der Waals surface area contributed by atoms with Gasteiger partial charge in [0.2, 0.25) is 0 Å². The molecule has 4 rings (SSSR count). The number of imidazole rings is 1. The third kappa shape index (κ3) is 6.36. The second-order valence-corrected chi connectivity index (χ2v) is 9.65. The number of benzene rings is 1. The molecule has 0 radical (unpaired) electrons. The van der Waals surface area contributed by atoms with E-state index in [2.05, 4.69) is 21.4 Å². The Kier molecular flexibility index (Phi) is 8.82. The third-order valence-corrected chi connectivity index (χ3v) is 7.19. The summed E-state index contributed by atoms with van der Waals surface area (Å²) in [6, 6.07) is 9.54. The molecule has 0 aliphatic heterocycles. The van der Waals surface area contributed by atoms with Crippen molar-refractivity contribution in [3.05, 3.63) is 71.3 Å². The lowest BCUT2D eigenvalue weighted by atomic mass is 10.1. The Labute approximate surface area is 215 Å². The van der Waals surface area contributed by atoms with Crippen molar-refractivity contribution in [1.82, 2.24) is 14.5 Å². The molecule has 1 N–H and O–H groups in total. The average Bonchev–Trinajstić information content (AvgIpc) is 3.53. The molecular weight excluding hydrogens is 474 g/mol. The highest BCUT2D eigenvalue weighted by atomic mass is 32.2. The number of aliphatic hydroxyl groups excluding tert-OH is 1. The molecule has 1 saturated carbocycles. The number of ether oxygens (including phenoxy) is 2. The third-order valence-electron chi connectivity index (χ3n) is 5.91. The Morgan fingerprint density at radius 1 is 1.31 bits per heavy atom. The smallest absolute Gasteiger partial charge is 0.330 e. The monoisotopic (exact) mass is 503 g/mol. The van der Waals surface area contributed by atoms with Crippen LogP contribution in [-0.2, 0) is 16.1 Å². The second-order valence-electron chi connectivity index (χ2n) is 8.38. The summed E-state index contributed by atoms with van der Waals surface area (Å²) in [6.45, 7) is 2.00. The quantitative estimate of drug-likeness (QED) is 0.270. The standard InChI is InChI=1S/C28H29N3O4S/c1-20-17-23(12-11-21(20)7-6-16-32)35-19-26-25(13-14-27(33)34-2)30-28(36-24-9-3-4-10-24)31(26)22-8-5-15-29-18-22/h5,8,11-15,17-18,24,32H,3-4,9-10,16,19H2,1-2H3/b14-13+. The zero-order chi connectivity index (χ0) is 25.3. The van der Waals surface area contributed by atoms with Crippen molar-refractivity contribution in [1.29, 1.82) is 0 Å². The van der Waals surface area contributed by atoms with Crippen LogP contribution in [0.2, 0.25) is 0 Å². The summed E-state index contributed by atoms with van der Waals surface area (Å²) in [5.74, 6) is 5.86. The first-order valence-corrected chi connectivity index (χ1v) is 12.7. The van der Waals surface area contributed by atoms with Gasteiger partial charge in [0.05, 0.1) is 30.4 Å². The van der Waals surface area contributed by atoms with Crippen LogP contribution in [0.25, 0.3) is 11.8 Å². The minimum atomic E-state index is -0.446. The normalized spacial score (nSPS) is 13.5. The molecule has 1 aromatic carbocycles. The lowest BCUT2D eigenvalue weighted by Crippen LogP contribution is -2.08. The molecule has 0 bridgehead atoms. The van der Waals surface area contributed by atoms with Crippen LogP contribution in [0, 0.1) is 18.8 Å². The number of rotatable bonds is 8. The molecule has 0 unspecified atom stereocenters. The highest BCUT2D eigenvalue weighted by Gasteiger charge is 2.24. The van der Waals surface area contributed by atoms with Gasteiger partial charge in [-0.15, -0.1) is 0 Å². The first-order chi connectivity index (χ1) is 17.6. The Bertz CT molecular complexity index is 1290. The van der Waals surface area contributed by atoms with E-state index in [1.54, 1.807) is 30.2 Å². The fourth-order valence-corrected chi connectivity index (χ4v) is 5.41. The number of esters is 1. The lowest BCUT2D eigenvalue weighted by Gasteiger charge is -2.15. The van der Waals surface area contributed by atoms with E-state index >= 15 is 0 Å². The summed E-state index contributed by atoms with van der Waals surface area (Å²) in [5, 5.41) is 10.3. The van der Waals surface area contributed by atoms with Crippen molar-refractivity contribution in [2.45, 2.75) is 49.6 Å². The van der Waals surface area contributed by atoms with E-state index in [-0.39, 0.29) is 13.2 Å². The maximum atomic E-state index is 11.8. The Morgan fingerprint density at radius 3 is 2.83 bits per heavy atom. The summed E-state index contributed by atoms with van der Waals surface area (Å²) in [7, 11) is 1.35. The van der Waals surface area contributed by atoms with Gasteiger partial charge < -0.3 is 14.6 Å². The maximum Gasteiger partial charge on any atom is 0.330 e. The van der Waals surface area contributed by atoms with Crippen LogP contribution >= 0.6 is 11.8 Å². The van der Waals surface area contributed by atoms with Crippen LogP contribution < -0.4 is 4.74 Å². The van der Waals surface area contributed by atoms with Gasteiger partial charge >= 0.3 is 5.97 Å². The van der Waals surface area contributed by atoms with E-state index in [1.165, 1.54) is 26.0 Å². The summed E-state index contributed by atoms with van der Waals surface area (Å²) in [6.07, 6.45) is 11.4. The maximum absolute atomic E-state index is 11.8. The van der Waals surface area contributed by atoms with Gasteiger partial charge in [-0.25, -0.2) is 9.78 Å². The Balaban J connectivity index is 1.71. The van der Waals surface area contributed by atoms with Gasteiger partial charge in [-0.2, -0.15) is 0 Å². The second kappa shape index (κ2) is 12.4. The molecule has 3 aromatic rings.